The summed E-state index contributed by atoms with van der Waals surface area (Å²) in [5.41, 5.74) is -2.68. The molecule has 44 heavy (non-hydrogen) atoms. The maximum Gasteiger partial charge on any atom is 0.446 e. The Hall–Kier alpha value is -4.22. The maximum atomic E-state index is 13.8. The molecule has 1 aliphatic carbocycles. The summed E-state index contributed by atoms with van der Waals surface area (Å²) in [5.74, 6) is -2.94. The van der Waals surface area contributed by atoms with Crippen LogP contribution in [0, 0.1) is 0 Å². The van der Waals surface area contributed by atoms with Gasteiger partial charge in [-0.2, -0.15) is 13.2 Å². The topological polar surface area (TPSA) is 121 Å². The fourth-order valence-electron chi connectivity index (χ4n) is 5.02. The number of ketones is 2. The Bertz CT molecular complexity index is 1540. The largest absolute Gasteiger partial charge is 0.479 e. The van der Waals surface area contributed by atoms with E-state index < -0.39 is 41.6 Å². The molecular formula is C33H30F3NO6S. The molecule has 1 saturated carbocycles. The number of amides is 1. The number of alkyl halides is 3. The predicted octanol–water partition coefficient (Wildman–Crippen LogP) is 6.67. The molecule has 0 aliphatic heterocycles. The number of hydrogen-bond acceptors (Lipinski definition) is 6. The normalized spacial score (nSPS) is 15.0. The summed E-state index contributed by atoms with van der Waals surface area (Å²) in [5, 5.41) is 20.4. The first kappa shape index (κ1) is 32.7. The molecule has 3 N–H and O–H groups in total. The molecular weight excluding hydrogens is 595 g/mol. The van der Waals surface area contributed by atoms with Gasteiger partial charge in [-0.05, 0) is 72.0 Å². The van der Waals surface area contributed by atoms with Crippen LogP contribution in [0.3, 0.4) is 0 Å². The van der Waals surface area contributed by atoms with Crippen molar-refractivity contribution in [2.45, 2.75) is 54.5 Å². The van der Waals surface area contributed by atoms with Crippen molar-refractivity contribution in [3.63, 3.8) is 0 Å². The number of rotatable bonds is 11. The average molecular weight is 626 g/mol. The van der Waals surface area contributed by atoms with Crippen molar-refractivity contribution in [1.29, 1.82) is 0 Å². The van der Waals surface area contributed by atoms with Crippen LogP contribution in [-0.4, -0.2) is 51.8 Å². The highest BCUT2D eigenvalue weighted by atomic mass is 32.2. The zero-order valence-corrected chi connectivity index (χ0v) is 24.3. The molecule has 0 bridgehead atoms. The van der Waals surface area contributed by atoms with Crippen molar-refractivity contribution in [2.75, 3.05) is 6.54 Å². The number of nitrogens with one attached hydrogen (secondary N) is 1. The lowest BCUT2D eigenvalue weighted by atomic mass is 9.83. The summed E-state index contributed by atoms with van der Waals surface area (Å²) in [6.07, 6.45) is 4.97. The van der Waals surface area contributed by atoms with E-state index in [2.05, 4.69) is 5.32 Å². The monoisotopic (exact) mass is 625 g/mol. The lowest BCUT2D eigenvalue weighted by Crippen LogP contribution is -2.36. The highest BCUT2D eigenvalue weighted by Gasteiger charge is 2.29. The quantitative estimate of drug-likeness (QED) is 0.124. The highest BCUT2D eigenvalue weighted by Crippen LogP contribution is 2.37. The third-order valence-corrected chi connectivity index (χ3v) is 8.04. The molecule has 230 valence electrons. The first-order valence-corrected chi connectivity index (χ1v) is 14.8. The summed E-state index contributed by atoms with van der Waals surface area (Å²) in [4.78, 5) is 50.0. The average Bonchev–Trinajstić information content (AvgIpc) is 3.01. The number of hydrogen-bond donors (Lipinski definition) is 3. The molecule has 0 aromatic heterocycles. The third-order valence-electron chi connectivity index (χ3n) is 7.32. The smallest absolute Gasteiger partial charge is 0.446 e. The van der Waals surface area contributed by atoms with Gasteiger partial charge in [0.2, 0.25) is 0 Å². The van der Waals surface area contributed by atoms with Crippen LogP contribution in [0.5, 0.6) is 0 Å². The van der Waals surface area contributed by atoms with Crippen molar-refractivity contribution < 1.29 is 42.6 Å². The molecule has 4 rings (SSSR count). The van der Waals surface area contributed by atoms with Crippen molar-refractivity contribution in [3.05, 3.63) is 107 Å². The number of aliphatic hydroxyl groups excluding tert-OH is 1. The maximum absolute atomic E-state index is 13.8. The summed E-state index contributed by atoms with van der Waals surface area (Å²) >= 11 is -0.340. The Labute approximate surface area is 256 Å². The van der Waals surface area contributed by atoms with Crippen LogP contribution in [-0.2, 0) is 4.79 Å². The number of carboxylic acids is 1. The Morgan fingerprint density at radius 1 is 0.864 bits per heavy atom. The van der Waals surface area contributed by atoms with Crippen molar-refractivity contribution >= 4 is 40.8 Å². The van der Waals surface area contributed by atoms with E-state index in [1.165, 1.54) is 48.9 Å². The zero-order valence-electron chi connectivity index (χ0n) is 23.5. The van der Waals surface area contributed by atoms with E-state index in [0.717, 1.165) is 43.4 Å². The summed E-state index contributed by atoms with van der Waals surface area (Å²) in [6.45, 7) is -0.511. The van der Waals surface area contributed by atoms with E-state index >= 15 is 0 Å². The number of allylic oxidation sites excluding steroid dienone is 2. The van der Waals surface area contributed by atoms with Gasteiger partial charge in [0, 0.05) is 27.2 Å². The number of aliphatic hydroxyl groups is 1. The van der Waals surface area contributed by atoms with Crippen LogP contribution in [0.4, 0.5) is 13.2 Å². The van der Waals surface area contributed by atoms with Crippen LogP contribution >= 0.6 is 11.8 Å². The first-order valence-electron chi connectivity index (χ1n) is 14.0. The lowest BCUT2D eigenvalue weighted by molar-refractivity contribution is -0.146. The Morgan fingerprint density at radius 3 is 2.09 bits per heavy atom. The first-order chi connectivity index (χ1) is 20.9. The van der Waals surface area contributed by atoms with Gasteiger partial charge in [-0.3, -0.25) is 14.4 Å². The van der Waals surface area contributed by atoms with Crippen molar-refractivity contribution in [1.82, 2.24) is 5.32 Å². The number of Topliss-reactive ketones (excluding diaryl/α,β-unsaturated/α-hetero) is 1. The van der Waals surface area contributed by atoms with Gasteiger partial charge >= 0.3 is 11.5 Å². The van der Waals surface area contributed by atoms with Crippen LogP contribution in [0.1, 0.15) is 80.2 Å². The lowest BCUT2D eigenvalue weighted by Gasteiger charge is -2.22. The van der Waals surface area contributed by atoms with Gasteiger partial charge < -0.3 is 15.5 Å². The third kappa shape index (κ3) is 8.90. The minimum absolute atomic E-state index is 0.0149. The van der Waals surface area contributed by atoms with Gasteiger partial charge in [-0.25, -0.2) is 4.79 Å². The summed E-state index contributed by atoms with van der Waals surface area (Å²) in [6, 6.07) is 17.9. The van der Waals surface area contributed by atoms with Gasteiger partial charge in [0.1, 0.15) is 0 Å². The molecule has 7 nitrogen and oxygen atoms in total. The minimum atomic E-state index is -4.53. The predicted molar refractivity (Wildman–Crippen MR) is 160 cm³/mol. The molecule has 3 aromatic rings. The Balaban J connectivity index is 1.63. The molecule has 0 saturated heterocycles. The second kappa shape index (κ2) is 14.5. The van der Waals surface area contributed by atoms with Crippen molar-refractivity contribution in [2.24, 2.45) is 0 Å². The van der Waals surface area contributed by atoms with Crippen LogP contribution in [0.2, 0.25) is 0 Å². The fourth-order valence-corrected chi connectivity index (χ4v) is 5.62. The number of carbonyl (C=O) groups excluding carboxylic acids is 3. The van der Waals surface area contributed by atoms with E-state index in [1.807, 2.05) is 12.1 Å². The zero-order chi connectivity index (χ0) is 31.9. The van der Waals surface area contributed by atoms with Crippen LogP contribution in [0.15, 0.2) is 83.8 Å². The molecule has 11 heteroatoms. The highest BCUT2D eigenvalue weighted by molar-refractivity contribution is 8.00. The van der Waals surface area contributed by atoms with Crippen LogP contribution < -0.4 is 5.32 Å². The molecule has 1 amide bonds. The van der Waals surface area contributed by atoms with E-state index in [4.69, 9.17) is 5.11 Å². The van der Waals surface area contributed by atoms with E-state index in [0.29, 0.717) is 11.5 Å². The molecule has 1 atom stereocenters. The number of carboxylic acid groups (broad SMARTS) is 1. The van der Waals surface area contributed by atoms with Gasteiger partial charge in [0.15, 0.2) is 17.7 Å². The van der Waals surface area contributed by atoms with Crippen molar-refractivity contribution in [3.8, 4) is 0 Å². The van der Waals surface area contributed by atoms with E-state index in [-0.39, 0.29) is 38.9 Å². The van der Waals surface area contributed by atoms with E-state index in [1.54, 1.807) is 12.1 Å². The fraction of sp³-hybridized carbons (Fsp3) is 0.273. The minimum Gasteiger partial charge on any atom is -0.479 e. The van der Waals surface area contributed by atoms with E-state index in [9.17, 15) is 37.5 Å². The number of halogens is 3. The second-order valence-electron chi connectivity index (χ2n) is 10.4. The van der Waals surface area contributed by atoms with Gasteiger partial charge in [-0.1, -0.05) is 67.8 Å². The molecule has 1 fully saturated rings. The molecule has 0 heterocycles. The molecule has 0 unspecified atom stereocenters. The number of carbonyl (C=O) groups is 4. The summed E-state index contributed by atoms with van der Waals surface area (Å²) < 4.78 is 38.7. The Morgan fingerprint density at radius 2 is 1.48 bits per heavy atom. The molecule has 0 radical (unpaired) electrons. The van der Waals surface area contributed by atoms with Gasteiger partial charge in [0.05, 0.1) is 6.54 Å². The number of aliphatic carboxylic acids is 1. The SMILES string of the molecule is O=C(C=C(C(=O)c1ccc(C(=O)NC[C@@H](O)C(=O)O)cc1)c1ccc(C2CCCCC2)cc1)c1cccc(SC(F)(F)F)c1. The second-order valence-corrected chi connectivity index (χ2v) is 11.6. The molecule has 0 spiro atoms. The van der Waals surface area contributed by atoms with Gasteiger partial charge in [-0.15, -0.1) is 0 Å². The van der Waals surface area contributed by atoms with Crippen LogP contribution in [0.25, 0.3) is 5.57 Å². The molecule has 1 aliphatic rings. The molecule has 3 aromatic carbocycles. The van der Waals surface area contributed by atoms with Gasteiger partial charge in [0.25, 0.3) is 5.91 Å². The summed E-state index contributed by atoms with van der Waals surface area (Å²) in [7, 11) is 0. The Kier molecular flexibility index (Phi) is 10.8. The standard InChI is InChI=1S/C33H30F3NO6S/c34-33(35,36)44-26-8-4-7-25(17-26)28(38)18-27(22-11-9-21(10-12-22)20-5-2-1-3-6-20)30(40)23-13-15-24(16-14-23)31(41)37-19-29(39)32(42)43/h4,7-18,20,29,39H,1-3,5-6,19H2,(H,37,41)(H,42,43)/t29-/m1/s1. The number of benzene rings is 3. The number of thioether (sulfide) groups is 1.